The second-order valence-corrected chi connectivity index (χ2v) is 3.65. The average Bonchev–Trinajstić information content (AvgIpc) is 2.28. The Morgan fingerprint density at radius 3 is 2.75 bits per heavy atom. The van der Waals surface area contributed by atoms with Gasteiger partial charge in [0.05, 0.1) is 17.4 Å². The van der Waals surface area contributed by atoms with Crippen LogP contribution in [-0.2, 0) is 11.3 Å². The van der Waals surface area contributed by atoms with Crippen LogP contribution in [0.2, 0.25) is 0 Å². The first-order chi connectivity index (χ1) is 7.63. The third-order valence-electron chi connectivity index (χ3n) is 2.17. The van der Waals surface area contributed by atoms with Crippen molar-refractivity contribution in [1.29, 1.82) is 0 Å². The Morgan fingerprint density at radius 2 is 2.19 bits per heavy atom. The molecule has 0 spiro atoms. The molecule has 0 fully saturated rings. The third kappa shape index (κ3) is 3.94. The first-order valence-corrected chi connectivity index (χ1v) is 5.42. The summed E-state index contributed by atoms with van der Waals surface area (Å²) in [5.74, 6) is 0.00238. The lowest BCUT2D eigenvalue weighted by atomic mass is 10.3. The molecule has 1 amide bonds. The van der Waals surface area contributed by atoms with Crippen molar-refractivity contribution in [2.75, 3.05) is 6.54 Å². The molecule has 1 atom stereocenters. The molecule has 0 bridgehead atoms. The molecule has 1 heterocycles. The van der Waals surface area contributed by atoms with Crippen LogP contribution in [-0.4, -0.2) is 28.5 Å². The summed E-state index contributed by atoms with van der Waals surface area (Å²) in [5.41, 5.74) is 1.72. The van der Waals surface area contributed by atoms with Gasteiger partial charge in [-0.25, -0.2) is 0 Å². The van der Waals surface area contributed by atoms with Crippen LogP contribution in [0.5, 0.6) is 0 Å². The SMILES string of the molecule is CCNC(=O)C(C)NCc1cnc(C)cn1. The fraction of sp³-hybridized carbons (Fsp3) is 0.545. The molecule has 0 aliphatic carbocycles. The third-order valence-corrected chi connectivity index (χ3v) is 2.17. The van der Waals surface area contributed by atoms with Gasteiger partial charge in [0.2, 0.25) is 5.91 Å². The van der Waals surface area contributed by atoms with E-state index in [1.807, 2.05) is 20.8 Å². The highest BCUT2D eigenvalue weighted by atomic mass is 16.2. The number of hydrogen-bond donors (Lipinski definition) is 2. The standard InChI is InChI=1S/C11H18N4O/c1-4-12-11(16)9(3)14-7-10-6-13-8(2)5-15-10/h5-6,9,14H,4,7H2,1-3H3,(H,12,16). The summed E-state index contributed by atoms with van der Waals surface area (Å²) in [6.07, 6.45) is 3.43. The Balaban J connectivity index is 2.39. The lowest BCUT2D eigenvalue weighted by Crippen LogP contribution is -2.41. The first kappa shape index (κ1) is 12.6. The van der Waals surface area contributed by atoms with Gasteiger partial charge >= 0.3 is 0 Å². The van der Waals surface area contributed by atoms with Crippen molar-refractivity contribution in [3.05, 3.63) is 23.8 Å². The molecule has 88 valence electrons. The quantitative estimate of drug-likeness (QED) is 0.756. The topological polar surface area (TPSA) is 66.9 Å². The molecule has 1 aromatic heterocycles. The van der Waals surface area contributed by atoms with E-state index in [4.69, 9.17) is 0 Å². The number of hydrogen-bond acceptors (Lipinski definition) is 4. The van der Waals surface area contributed by atoms with Crippen molar-refractivity contribution >= 4 is 5.91 Å². The Hall–Kier alpha value is -1.49. The van der Waals surface area contributed by atoms with Gasteiger partial charge < -0.3 is 10.6 Å². The molecule has 0 aliphatic heterocycles. The Kier molecular flexibility index (Phi) is 4.85. The van der Waals surface area contributed by atoms with Crippen molar-refractivity contribution < 1.29 is 4.79 Å². The minimum absolute atomic E-state index is 0.00238. The fourth-order valence-corrected chi connectivity index (χ4v) is 1.19. The summed E-state index contributed by atoms with van der Waals surface area (Å²) in [7, 11) is 0. The van der Waals surface area contributed by atoms with Crippen LogP contribution in [0.15, 0.2) is 12.4 Å². The van der Waals surface area contributed by atoms with E-state index in [1.165, 1.54) is 0 Å². The molecule has 0 aromatic carbocycles. The molecule has 2 N–H and O–H groups in total. The number of aryl methyl sites for hydroxylation is 1. The Bertz CT molecular complexity index is 336. The Morgan fingerprint density at radius 1 is 1.44 bits per heavy atom. The van der Waals surface area contributed by atoms with E-state index >= 15 is 0 Å². The molecule has 0 radical (unpaired) electrons. The first-order valence-electron chi connectivity index (χ1n) is 5.42. The van der Waals surface area contributed by atoms with E-state index in [0.717, 1.165) is 11.4 Å². The summed E-state index contributed by atoms with van der Waals surface area (Å²) < 4.78 is 0. The summed E-state index contributed by atoms with van der Waals surface area (Å²) in [6, 6.07) is -0.219. The van der Waals surface area contributed by atoms with Gasteiger partial charge in [-0.05, 0) is 20.8 Å². The zero-order valence-electron chi connectivity index (χ0n) is 9.95. The van der Waals surface area contributed by atoms with Gasteiger partial charge in [-0.3, -0.25) is 14.8 Å². The van der Waals surface area contributed by atoms with Gasteiger partial charge in [0.15, 0.2) is 0 Å². The van der Waals surface area contributed by atoms with E-state index in [9.17, 15) is 4.79 Å². The average molecular weight is 222 g/mol. The molecule has 0 aliphatic rings. The minimum Gasteiger partial charge on any atom is -0.355 e. The molecule has 16 heavy (non-hydrogen) atoms. The van der Waals surface area contributed by atoms with Crippen molar-refractivity contribution in [2.45, 2.75) is 33.4 Å². The summed E-state index contributed by atoms with van der Waals surface area (Å²) in [4.78, 5) is 19.7. The van der Waals surface area contributed by atoms with Gasteiger partial charge in [0, 0.05) is 25.5 Å². The smallest absolute Gasteiger partial charge is 0.236 e. The van der Waals surface area contributed by atoms with Gasteiger partial charge in [0.1, 0.15) is 0 Å². The van der Waals surface area contributed by atoms with E-state index in [-0.39, 0.29) is 11.9 Å². The lowest BCUT2D eigenvalue weighted by Gasteiger charge is -2.12. The number of carbonyl (C=O) groups is 1. The minimum atomic E-state index is -0.219. The molecule has 5 nitrogen and oxygen atoms in total. The fourth-order valence-electron chi connectivity index (χ4n) is 1.19. The lowest BCUT2D eigenvalue weighted by molar-refractivity contribution is -0.122. The van der Waals surface area contributed by atoms with Crippen molar-refractivity contribution in [1.82, 2.24) is 20.6 Å². The van der Waals surface area contributed by atoms with Crippen molar-refractivity contribution in [3.63, 3.8) is 0 Å². The van der Waals surface area contributed by atoms with Crippen LogP contribution in [0.1, 0.15) is 25.2 Å². The van der Waals surface area contributed by atoms with E-state index in [1.54, 1.807) is 12.4 Å². The van der Waals surface area contributed by atoms with Crippen LogP contribution >= 0.6 is 0 Å². The van der Waals surface area contributed by atoms with Crippen LogP contribution in [0.25, 0.3) is 0 Å². The maximum Gasteiger partial charge on any atom is 0.236 e. The number of amides is 1. The molecule has 1 unspecified atom stereocenters. The van der Waals surface area contributed by atoms with Crippen molar-refractivity contribution in [3.8, 4) is 0 Å². The second kappa shape index (κ2) is 6.17. The Labute approximate surface area is 95.7 Å². The molecular formula is C11H18N4O. The van der Waals surface area contributed by atoms with E-state index in [2.05, 4.69) is 20.6 Å². The molecule has 0 saturated heterocycles. The largest absolute Gasteiger partial charge is 0.355 e. The number of nitrogens with zero attached hydrogens (tertiary/aromatic N) is 2. The zero-order valence-corrected chi connectivity index (χ0v) is 9.95. The zero-order chi connectivity index (χ0) is 12.0. The van der Waals surface area contributed by atoms with Gasteiger partial charge in [-0.15, -0.1) is 0 Å². The van der Waals surface area contributed by atoms with Gasteiger partial charge in [0.25, 0.3) is 0 Å². The maximum absolute atomic E-state index is 11.4. The monoisotopic (exact) mass is 222 g/mol. The molecule has 0 saturated carbocycles. The van der Waals surface area contributed by atoms with Crippen LogP contribution in [0, 0.1) is 6.92 Å². The highest BCUT2D eigenvalue weighted by Crippen LogP contribution is 1.94. The van der Waals surface area contributed by atoms with E-state index < -0.39 is 0 Å². The van der Waals surface area contributed by atoms with Gasteiger partial charge in [-0.1, -0.05) is 0 Å². The van der Waals surface area contributed by atoms with Crippen LogP contribution < -0.4 is 10.6 Å². The predicted molar refractivity (Wildman–Crippen MR) is 61.8 cm³/mol. The number of nitrogens with one attached hydrogen (secondary N) is 2. The molecule has 1 rings (SSSR count). The number of aromatic nitrogens is 2. The van der Waals surface area contributed by atoms with Crippen molar-refractivity contribution in [2.24, 2.45) is 0 Å². The van der Waals surface area contributed by atoms with Crippen LogP contribution in [0.3, 0.4) is 0 Å². The number of likely N-dealkylation sites (N-methyl/N-ethyl adjacent to an activating group) is 1. The highest BCUT2D eigenvalue weighted by molar-refractivity contribution is 5.81. The number of rotatable bonds is 5. The number of carbonyl (C=O) groups excluding carboxylic acids is 1. The highest BCUT2D eigenvalue weighted by Gasteiger charge is 2.10. The summed E-state index contributed by atoms with van der Waals surface area (Å²) >= 11 is 0. The predicted octanol–water partition coefficient (Wildman–Crippen LogP) is 0.399. The van der Waals surface area contributed by atoms with Gasteiger partial charge in [-0.2, -0.15) is 0 Å². The second-order valence-electron chi connectivity index (χ2n) is 3.65. The summed E-state index contributed by atoms with van der Waals surface area (Å²) in [5, 5.41) is 5.84. The summed E-state index contributed by atoms with van der Waals surface area (Å²) in [6.45, 7) is 6.81. The molecule has 5 heteroatoms. The normalized spacial score (nSPS) is 12.2. The van der Waals surface area contributed by atoms with Crippen LogP contribution in [0.4, 0.5) is 0 Å². The molecular weight excluding hydrogens is 204 g/mol. The maximum atomic E-state index is 11.4. The van der Waals surface area contributed by atoms with E-state index in [0.29, 0.717) is 13.1 Å². The molecule has 1 aromatic rings.